The first-order valence-corrected chi connectivity index (χ1v) is 13.6. The Labute approximate surface area is 239 Å². The number of phenolic OH excluding ortho intramolecular Hbond substituents is 1. The number of aromatic nitrogens is 1. The molecule has 3 aromatic rings. The molecule has 0 atom stereocenters. The molecule has 0 aliphatic carbocycles. The molecule has 0 radical (unpaired) electrons. The third kappa shape index (κ3) is 7.00. The maximum absolute atomic E-state index is 15.0. The van der Waals surface area contributed by atoms with Crippen LogP contribution in [0.5, 0.6) is 11.6 Å². The molecular weight excluding hydrogens is 535 g/mol. The number of pyridine rings is 1. The number of rotatable bonds is 12. The fourth-order valence-electron chi connectivity index (χ4n) is 4.57. The van der Waals surface area contributed by atoms with Crippen LogP contribution in [0.2, 0.25) is 5.02 Å². The molecule has 214 valence electrons. The lowest BCUT2D eigenvalue weighted by Crippen LogP contribution is -2.43. The molecule has 1 saturated heterocycles. The number of nitrogens with one attached hydrogen (secondary N) is 2. The van der Waals surface area contributed by atoms with Crippen molar-refractivity contribution in [1.82, 2.24) is 20.5 Å². The van der Waals surface area contributed by atoms with E-state index in [1.54, 1.807) is 24.4 Å². The summed E-state index contributed by atoms with van der Waals surface area (Å²) in [5.41, 5.74) is 3.00. The van der Waals surface area contributed by atoms with Crippen molar-refractivity contribution in [2.24, 2.45) is 0 Å². The summed E-state index contributed by atoms with van der Waals surface area (Å²) >= 11 is 6.56. The largest absolute Gasteiger partial charge is 0.507 e. The Morgan fingerprint density at radius 1 is 1.15 bits per heavy atom. The number of benzene rings is 2. The summed E-state index contributed by atoms with van der Waals surface area (Å²) in [6, 6.07) is 9.50. The molecule has 1 aliphatic heterocycles. The van der Waals surface area contributed by atoms with E-state index in [1.807, 2.05) is 32.1 Å². The lowest BCUT2D eigenvalue weighted by molar-refractivity contribution is -0.107. The summed E-state index contributed by atoms with van der Waals surface area (Å²) in [6.07, 6.45) is 2.32. The average molecular weight is 571 g/mol. The molecule has 11 heteroatoms. The van der Waals surface area contributed by atoms with E-state index in [9.17, 15) is 14.3 Å². The van der Waals surface area contributed by atoms with Crippen molar-refractivity contribution in [3.8, 4) is 33.9 Å². The maximum atomic E-state index is 15.0. The number of aromatic hydroxyl groups is 1. The molecular formula is C29H36ClFN6O3. The van der Waals surface area contributed by atoms with Crippen LogP contribution < -0.4 is 25.2 Å². The van der Waals surface area contributed by atoms with Gasteiger partial charge in [-0.25, -0.2) is 9.37 Å². The van der Waals surface area contributed by atoms with Gasteiger partial charge in [0.1, 0.15) is 23.9 Å². The Hall–Kier alpha value is -3.44. The molecule has 9 nitrogen and oxygen atoms in total. The van der Waals surface area contributed by atoms with E-state index in [2.05, 4.69) is 20.5 Å². The van der Waals surface area contributed by atoms with Crippen molar-refractivity contribution in [2.75, 3.05) is 83.4 Å². The summed E-state index contributed by atoms with van der Waals surface area (Å²) in [6.45, 7) is 5.42. The van der Waals surface area contributed by atoms with E-state index < -0.39 is 5.82 Å². The van der Waals surface area contributed by atoms with Gasteiger partial charge in [-0.3, -0.25) is 4.79 Å². The smallest absolute Gasteiger partial charge is 0.237 e. The van der Waals surface area contributed by atoms with Crippen LogP contribution in [0, 0.1) is 5.82 Å². The number of amides is 1. The first-order valence-electron chi connectivity index (χ1n) is 13.2. The topological polar surface area (TPSA) is 93.2 Å². The van der Waals surface area contributed by atoms with Gasteiger partial charge in [-0.2, -0.15) is 0 Å². The van der Waals surface area contributed by atoms with Crippen LogP contribution >= 0.6 is 11.6 Å². The van der Waals surface area contributed by atoms with Crippen molar-refractivity contribution in [3.63, 3.8) is 0 Å². The van der Waals surface area contributed by atoms with Crippen LogP contribution in [-0.4, -0.2) is 95.0 Å². The predicted molar refractivity (Wildman–Crippen MR) is 158 cm³/mol. The monoisotopic (exact) mass is 570 g/mol. The van der Waals surface area contributed by atoms with E-state index in [1.165, 1.54) is 17.0 Å². The van der Waals surface area contributed by atoms with E-state index >= 15 is 0 Å². The zero-order valence-corrected chi connectivity index (χ0v) is 23.8. The minimum Gasteiger partial charge on any atom is -0.507 e. The van der Waals surface area contributed by atoms with E-state index in [0.717, 1.165) is 38.3 Å². The number of likely N-dealkylation sites (N-methyl/N-ethyl adjacent to an activating group) is 2. The predicted octanol–water partition coefficient (Wildman–Crippen LogP) is 3.45. The molecule has 0 unspecified atom stereocenters. The van der Waals surface area contributed by atoms with Crippen molar-refractivity contribution in [3.05, 3.63) is 53.4 Å². The minimum absolute atomic E-state index is 0.0954. The lowest BCUT2D eigenvalue weighted by atomic mass is 9.97. The Morgan fingerprint density at radius 2 is 1.88 bits per heavy atom. The Morgan fingerprint density at radius 3 is 2.52 bits per heavy atom. The Kier molecular flexibility index (Phi) is 10.2. The quantitative estimate of drug-likeness (QED) is 0.225. The fraction of sp³-hybridized carbons (Fsp3) is 0.379. The van der Waals surface area contributed by atoms with Gasteiger partial charge in [-0.05, 0) is 57.0 Å². The van der Waals surface area contributed by atoms with E-state index in [0.29, 0.717) is 59.5 Å². The van der Waals surface area contributed by atoms with Crippen LogP contribution in [0.25, 0.3) is 22.3 Å². The summed E-state index contributed by atoms with van der Waals surface area (Å²) < 4.78 is 20.9. The molecule has 40 heavy (non-hydrogen) atoms. The van der Waals surface area contributed by atoms with Crippen molar-refractivity contribution < 1.29 is 19.0 Å². The van der Waals surface area contributed by atoms with Gasteiger partial charge >= 0.3 is 0 Å². The van der Waals surface area contributed by atoms with Gasteiger partial charge in [0, 0.05) is 68.7 Å². The summed E-state index contributed by atoms with van der Waals surface area (Å²) in [5, 5.41) is 18.1. The Balaban J connectivity index is 1.71. The number of carbonyl (C=O) groups is 1. The number of carbonyl (C=O) groups excluding carboxylic acids is 1. The number of halogens is 2. The van der Waals surface area contributed by atoms with Gasteiger partial charge in [0.15, 0.2) is 0 Å². The van der Waals surface area contributed by atoms with Crippen molar-refractivity contribution in [2.45, 2.75) is 0 Å². The SMILES string of the molecule is CNCCOc1ncc(-c2cc(F)cc(-c3ccc(N(C=O)CCN(C)C)c(Cl)c3)c2O)cc1N1CCNCC1. The number of hydrogen-bond acceptors (Lipinski definition) is 8. The molecule has 3 N–H and O–H groups in total. The normalized spacial score (nSPS) is 13.5. The second kappa shape index (κ2) is 13.8. The highest BCUT2D eigenvalue weighted by atomic mass is 35.5. The molecule has 1 aliphatic rings. The van der Waals surface area contributed by atoms with Crippen molar-refractivity contribution >= 4 is 29.4 Å². The van der Waals surface area contributed by atoms with Gasteiger partial charge < -0.3 is 35.2 Å². The van der Waals surface area contributed by atoms with Crippen LogP contribution in [0.1, 0.15) is 0 Å². The number of piperazine rings is 1. The number of phenols is 1. The molecule has 0 saturated carbocycles. The van der Waals surface area contributed by atoms with Crippen LogP contribution in [0.4, 0.5) is 15.8 Å². The molecule has 1 amide bonds. The standard InChI is InChI=1S/C29H36ClFN6O3/c1-32-8-13-40-29-27(36-9-6-33-7-10-36)15-21(18-34-29)24-17-22(31)16-23(28(24)39)20-4-5-26(25(30)14-20)37(19-38)12-11-35(2)3/h4-5,14-19,32-33,39H,6-13H2,1-3H3. The third-order valence-electron chi connectivity index (χ3n) is 6.75. The van der Waals surface area contributed by atoms with Crippen LogP contribution in [0.15, 0.2) is 42.6 Å². The van der Waals surface area contributed by atoms with Crippen molar-refractivity contribution in [1.29, 1.82) is 0 Å². The Bertz CT molecular complexity index is 1320. The second-order valence-electron chi connectivity index (χ2n) is 9.86. The minimum atomic E-state index is -0.512. The summed E-state index contributed by atoms with van der Waals surface area (Å²) in [7, 11) is 5.70. The van der Waals surface area contributed by atoms with Gasteiger partial charge in [-0.1, -0.05) is 17.7 Å². The molecule has 2 heterocycles. The highest BCUT2D eigenvalue weighted by Crippen LogP contribution is 2.42. The molecule has 4 rings (SSSR count). The molecule has 2 aromatic carbocycles. The van der Waals surface area contributed by atoms with Gasteiger partial charge in [0.2, 0.25) is 12.3 Å². The molecule has 1 fully saturated rings. The zero-order chi connectivity index (χ0) is 28.6. The van der Waals surface area contributed by atoms with Gasteiger partial charge in [0.05, 0.1) is 10.7 Å². The highest BCUT2D eigenvalue weighted by Gasteiger charge is 2.21. The lowest BCUT2D eigenvalue weighted by Gasteiger charge is -2.30. The summed E-state index contributed by atoms with van der Waals surface area (Å²) in [4.78, 5) is 21.9. The zero-order valence-electron chi connectivity index (χ0n) is 23.1. The third-order valence-corrected chi connectivity index (χ3v) is 7.05. The second-order valence-corrected chi connectivity index (χ2v) is 10.3. The van der Waals surface area contributed by atoms with E-state index in [4.69, 9.17) is 16.3 Å². The number of hydrogen-bond donors (Lipinski definition) is 3. The molecule has 0 spiro atoms. The highest BCUT2D eigenvalue weighted by molar-refractivity contribution is 6.34. The molecule has 1 aromatic heterocycles. The average Bonchev–Trinajstić information content (AvgIpc) is 2.95. The first kappa shape index (κ1) is 29.5. The number of nitrogens with zero attached hydrogens (tertiary/aromatic N) is 4. The van der Waals surface area contributed by atoms with Gasteiger partial charge in [0.25, 0.3) is 0 Å². The van der Waals surface area contributed by atoms with E-state index in [-0.39, 0.29) is 11.3 Å². The van der Waals surface area contributed by atoms with Gasteiger partial charge in [-0.15, -0.1) is 0 Å². The molecule has 0 bridgehead atoms. The summed E-state index contributed by atoms with van der Waals surface area (Å²) in [5.74, 6) is -0.114. The van der Waals surface area contributed by atoms with Crippen LogP contribution in [-0.2, 0) is 4.79 Å². The fourth-order valence-corrected chi connectivity index (χ4v) is 4.85. The number of anilines is 2. The number of ether oxygens (including phenoxy) is 1. The first-order chi connectivity index (χ1) is 19.3. The van der Waals surface area contributed by atoms with Crippen LogP contribution in [0.3, 0.4) is 0 Å². The maximum Gasteiger partial charge on any atom is 0.237 e.